The summed E-state index contributed by atoms with van der Waals surface area (Å²) in [7, 11) is 0. The summed E-state index contributed by atoms with van der Waals surface area (Å²) < 4.78 is 20.0. The smallest absolute Gasteiger partial charge is 0.306 e. The van der Waals surface area contributed by atoms with Gasteiger partial charge in [0.15, 0.2) is 6.30 Å². The van der Waals surface area contributed by atoms with Crippen molar-refractivity contribution >= 4 is 11.7 Å². The van der Waals surface area contributed by atoms with Crippen LogP contribution in [0.3, 0.4) is 0 Å². The molecule has 4 heteroatoms. The molecule has 0 saturated heterocycles. The predicted octanol–water partition coefficient (Wildman–Crippen LogP) is 5.50. The number of nitrogens with zero attached hydrogens (tertiary/aromatic N) is 1. The molecule has 0 bridgehead atoms. The summed E-state index contributed by atoms with van der Waals surface area (Å²) in [5, 5.41) is 0. The second-order valence-electron chi connectivity index (χ2n) is 7.01. The van der Waals surface area contributed by atoms with Gasteiger partial charge in [-0.05, 0) is 44.4 Å². The van der Waals surface area contributed by atoms with Crippen molar-refractivity contribution in [2.24, 2.45) is 0 Å². The fourth-order valence-corrected chi connectivity index (χ4v) is 3.00. The average Bonchev–Trinajstić information content (AvgIpc) is 2.66. The van der Waals surface area contributed by atoms with E-state index in [9.17, 15) is 9.18 Å². The highest BCUT2D eigenvalue weighted by Crippen LogP contribution is 2.31. The number of para-hydroxylation sites is 1. The molecule has 140 valence electrons. The van der Waals surface area contributed by atoms with E-state index in [1.807, 2.05) is 81.4 Å². The summed E-state index contributed by atoms with van der Waals surface area (Å²) in [6.07, 6.45) is 0.0412. The van der Waals surface area contributed by atoms with Crippen LogP contribution in [0.2, 0.25) is 0 Å². The number of halogens is 1. The lowest BCUT2D eigenvalue weighted by Gasteiger charge is -2.42. The van der Waals surface area contributed by atoms with Crippen LogP contribution in [0.1, 0.15) is 45.6 Å². The van der Waals surface area contributed by atoms with Gasteiger partial charge in [-0.15, -0.1) is 0 Å². The molecular formula is C22H28FNO2. The lowest BCUT2D eigenvalue weighted by atomic mass is 9.94. The number of carbonyl (C=O) groups excluding carboxylic acids is 1. The van der Waals surface area contributed by atoms with E-state index in [2.05, 4.69) is 0 Å². The standard InChI is InChI=1S/C22H28FNO2/c1-4-20(23)24(19-13-9-6-10-14-19)22(2,3)16-15-21(25)26-17-18-11-7-5-8-12-18/h5-14,20H,4,15-17H2,1-3H3. The summed E-state index contributed by atoms with van der Waals surface area (Å²) in [5.41, 5.74) is 1.27. The van der Waals surface area contributed by atoms with Crippen molar-refractivity contribution in [3.8, 4) is 0 Å². The van der Waals surface area contributed by atoms with Crippen molar-refractivity contribution < 1.29 is 13.9 Å². The zero-order chi connectivity index (χ0) is 19.0. The van der Waals surface area contributed by atoms with Crippen molar-refractivity contribution in [3.05, 3.63) is 66.2 Å². The Morgan fingerprint density at radius 2 is 1.65 bits per heavy atom. The number of benzene rings is 2. The predicted molar refractivity (Wildman–Crippen MR) is 104 cm³/mol. The number of ether oxygens (including phenoxy) is 1. The minimum atomic E-state index is -1.10. The molecule has 0 saturated carbocycles. The molecule has 0 radical (unpaired) electrons. The van der Waals surface area contributed by atoms with Gasteiger partial charge in [0.2, 0.25) is 0 Å². The molecule has 0 heterocycles. The first kappa shape index (κ1) is 20.0. The van der Waals surface area contributed by atoms with E-state index in [0.717, 1.165) is 11.3 Å². The van der Waals surface area contributed by atoms with Gasteiger partial charge in [-0.2, -0.15) is 0 Å². The van der Waals surface area contributed by atoms with E-state index in [1.165, 1.54) is 0 Å². The molecule has 2 rings (SSSR count). The molecule has 2 aromatic rings. The molecule has 0 aliphatic carbocycles. The van der Waals surface area contributed by atoms with Crippen molar-refractivity contribution in [2.75, 3.05) is 4.90 Å². The van der Waals surface area contributed by atoms with Crippen LogP contribution in [0.15, 0.2) is 60.7 Å². The first-order chi connectivity index (χ1) is 12.4. The van der Waals surface area contributed by atoms with E-state index in [1.54, 1.807) is 4.90 Å². The van der Waals surface area contributed by atoms with Crippen molar-refractivity contribution in [1.29, 1.82) is 0 Å². The topological polar surface area (TPSA) is 29.5 Å². The molecule has 0 aliphatic rings. The first-order valence-electron chi connectivity index (χ1n) is 9.12. The van der Waals surface area contributed by atoms with Gasteiger partial charge < -0.3 is 9.64 Å². The number of anilines is 1. The molecule has 2 aromatic carbocycles. The number of hydrogen-bond acceptors (Lipinski definition) is 3. The summed E-state index contributed by atoms with van der Waals surface area (Å²) >= 11 is 0. The number of esters is 1. The Morgan fingerprint density at radius 1 is 1.08 bits per heavy atom. The highest BCUT2D eigenvalue weighted by atomic mass is 19.1. The van der Waals surface area contributed by atoms with Gasteiger partial charge >= 0.3 is 5.97 Å². The number of carbonyl (C=O) groups is 1. The minimum absolute atomic E-state index is 0.250. The van der Waals surface area contributed by atoms with Gasteiger partial charge in [0.25, 0.3) is 0 Å². The lowest BCUT2D eigenvalue weighted by molar-refractivity contribution is -0.145. The zero-order valence-electron chi connectivity index (χ0n) is 15.8. The fourth-order valence-electron chi connectivity index (χ4n) is 3.00. The SMILES string of the molecule is CCC(F)N(c1ccccc1)C(C)(C)CCC(=O)OCc1ccccc1. The fraction of sp³-hybridized carbons (Fsp3) is 0.409. The van der Waals surface area contributed by atoms with Crippen LogP contribution in [0.5, 0.6) is 0 Å². The minimum Gasteiger partial charge on any atom is -0.461 e. The molecule has 0 N–H and O–H groups in total. The van der Waals surface area contributed by atoms with Crippen molar-refractivity contribution in [3.63, 3.8) is 0 Å². The Balaban J connectivity index is 1.97. The average molecular weight is 357 g/mol. The first-order valence-corrected chi connectivity index (χ1v) is 9.12. The number of alkyl halides is 1. The molecule has 1 atom stereocenters. The van der Waals surface area contributed by atoms with Gasteiger partial charge in [-0.25, -0.2) is 4.39 Å². The van der Waals surface area contributed by atoms with E-state index >= 15 is 0 Å². The quantitative estimate of drug-likeness (QED) is 0.438. The van der Waals surface area contributed by atoms with Gasteiger partial charge in [0.05, 0.1) is 0 Å². The molecule has 0 aliphatic heterocycles. The van der Waals surface area contributed by atoms with Crippen molar-refractivity contribution in [2.45, 2.75) is 58.5 Å². The Kier molecular flexibility index (Phi) is 7.19. The van der Waals surface area contributed by atoms with Crippen LogP contribution in [0.25, 0.3) is 0 Å². The molecule has 26 heavy (non-hydrogen) atoms. The van der Waals surface area contributed by atoms with Crippen molar-refractivity contribution in [1.82, 2.24) is 0 Å². The zero-order valence-corrected chi connectivity index (χ0v) is 15.8. The van der Waals surface area contributed by atoms with E-state index in [-0.39, 0.29) is 19.0 Å². The van der Waals surface area contributed by atoms with Crippen LogP contribution >= 0.6 is 0 Å². The number of hydrogen-bond donors (Lipinski definition) is 0. The third-order valence-corrected chi connectivity index (χ3v) is 4.49. The third-order valence-electron chi connectivity index (χ3n) is 4.49. The van der Waals surface area contributed by atoms with Crippen LogP contribution in [0.4, 0.5) is 10.1 Å². The van der Waals surface area contributed by atoms with E-state index < -0.39 is 11.8 Å². The molecule has 1 unspecified atom stereocenters. The molecule has 0 fully saturated rings. The van der Waals surface area contributed by atoms with E-state index in [0.29, 0.717) is 12.8 Å². The Bertz CT molecular complexity index is 673. The monoisotopic (exact) mass is 357 g/mol. The van der Waals surface area contributed by atoms with Gasteiger partial charge in [-0.3, -0.25) is 4.79 Å². The Hall–Kier alpha value is -2.36. The Morgan fingerprint density at radius 3 is 2.23 bits per heavy atom. The lowest BCUT2D eigenvalue weighted by Crippen LogP contribution is -2.49. The normalized spacial score (nSPS) is 12.5. The van der Waals surface area contributed by atoms with Gasteiger partial charge in [0, 0.05) is 17.6 Å². The maximum Gasteiger partial charge on any atom is 0.306 e. The molecule has 0 amide bonds. The molecule has 3 nitrogen and oxygen atoms in total. The second kappa shape index (κ2) is 9.37. The molecule has 0 spiro atoms. The van der Waals surface area contributed by atoms with E-state index in [4.69, 9.17) is 4.74 Å². The van der Waals surface area contributed by atoms with Gasteiger partial charge in [0.1, 0.15) is 6.61 Å². The number of rotatable bonds is 9. The third kappa shape index (κ3) is 5.58. The van der Waals surface area contributed by atoms with Gasteiger partial charge in [-0.1, -0.05) is 55.5 Å². The summed E-state index contributed by atoms with van der Waals surface area (Å²) in [6.45, 7) is 6.02. The highest BCUT2D eigenvalue weighted by Gasteiger charge is 2.32. The maximum absolute atomic E-state index is 14.7. The molecular weight excluding hydrogens is 329 g/mol. The van der Waals surface area contributed by atoms with Crippen LogP contribution in [-0.4, -0.2) is 17.8 Å². The highest BCUT2D eigenvalue weighted by molar-refractivity contribution is 5.69. The van der Waals surface area contributed by atoms with Crippen LogP contribution < -0.4 is 4.90 Å². The van der Waals surface area contributed by atoms with Crippen LogP contribution in [-0.2, 0) is 16.1 Å². The van der Waals surface area contributed by atoms with Crippen LogP contribution in [0, 0.1) is 0 Å². The summed E-state index contributed by atoms with van der Waals surface area (Å²) in [6, 6.07) is 19.1. The summed E-state index contributed by atoms with van der Waals surface area (Å²) in [4.78, 5) is 13.9. The summed E-state index contributed by atoms with van der Waals surface area (Å²) in [5.74, 6) is -0.262. The largest absolute Gasteiger partial charge is 0.461 e. The maximum atomic E-state index is 14.7. The molecule has 0 aromatic heterocycles. The Labute approximate surface area is 155 Å². The second-order valence-corrected chi connectivity index (χ2v) is 7.01.